The van der Waals surface area contributed by atoms with Gasteiger partial charge in [-0.25, -0.2) is 12.8 Å². The fourth-order valence-electron chi connectivity index (χ4n) is 1.02. The number of sulfonamides is 1. The number of nitro benzene ring substituents is 1. The highest BCUT2D eigenvalue weighted by atomic mass is 32.2. The van der Waals surface area contributed by atoms with Crippen LogP contribution in [0.5, 0.6) is 0 Å². The van der Waals surface area contributed by atoms with Crippen LogP contribution in [0, 0.1) is 27.3 Å². The summed E-state index contributed by atoms with van der Waals surface area (Å²) >= 11 is 0. The number of halogens is 1. The molecule has 0 radical (unpaired) electrons. The molecule has 0 fully saturated rings. The molecule has 7 nitrogen and oxygen atoms in total. The number of nitrogens with zero attached hydrogens (tertiary/aromatic N) is 2. The van der Waals surface area contributed by atoms with E-state index >= 15 is 0 Å². The molecule has 18 heavy (non-hydrogen) atoms. The van der Waals surface area contributed by atoms with Crippen LogP contribution >= 0.6 is 0 Å². The number of hydrogen-bond donors (Lipinski definition) is 1. The molecule has 0 aromatic heterocycles. The van der Waals surface area contributed by atoms with Crippen molar-refractivity contribution in [1.29, 1.82) is 5.26 Å². The van der Waals surface area contributed by atoms with Crippen LogP contribution in [0.4, 0.5) is 15.8 Å². The maximum absolute atomic E-state index is 13.3. The molecule has 1 N–H and O–H groups in total. The molecular weight excluding hydrogens is 265 g/mol. The summed E-state index contributed by atoms with van der Waals surface area (Å²) in [6.07, 6.45) is 0. The standard InChI is InChI=1S/C9H8FN3O4S/c1-6(5-11)18(16,17)12-9-4-7(13(14)15)2-3-8(9)10/h2-4,6,12H,1H3. The van der Waals surface area contributed by atoms with E-state index in [0.717, 1.165) is 25.1 Å². The first-order valence-electron chi connectivity index (χ1n) is 4.63. The monoisotopic (exact) mass is 273 g/mol. The molecule has 1 atom stereocenters. The minimum atomic E-state index is -4.10. The Bertz CT molecular complexity index is 623. The van der Waals surface area contributed by atoms with Crippen molar-refractivity contribution in [3.05, 3.63) is 34.1 Å². The number of nitriles is 1. The second-order valence-corrected chi connectivity index (χ2v) is 5.34. The van der Waals surface area contributed by atoms with Gasteiger partial charge < -0.3 is 0 Å². The van der Waals surface area contributed by atoms with E-state index in [1.54, 1.807) is 4.72 Å². The predicted molar refractivity (Wildman–Crippen MR) is 60.7 cm³/mol. The Morgan fingerprint density at radius 1 is 1.56 bits per heavy atom. The summed E-state index contributed by atoms with van der Waals surface area (Å²) in [7, 11) is -4.10. The molecule has 0 aliphatic rings. The highest BCUT2D eigenvalue weighted by Crippen LogP contribution is 2.22. The Labute approximate surface area is 102 Å². The first-order chi connectivity index (χ1) is 8.27. The van der Waals surface area contributed by atoms with Crippen molar-refractivity contribution in [3.63, 3.8) is 0 Å². The lowest BCUT2D eigenvalue weighted by Gasteiger charge is -2.09. The largest absolute Gasteiger partial charge is 0.279 e. The van der Waals surface area contributed by atoms with E-state index in [0.29, 0.717) is 0 Å². The minimum Gasteiger partial charge on any atom is -0.279 e. The summed E-state index contributed by atoms with van der Waals surface area (Å²) in [5.41, 5.74) is -1.02. The van der Waals surface area contributed by atoms with Gasteiger partial charge in [-0.3, -0.25) is 14.8 Å². The quantitative estimate of drug-likeness (QED) is 0.657. The highest BCUT2D eigenvalue weighted by molar-refractivity contribution is 7.93. The molecule has 96 valence electrons. The lowest BCUT2D eigenvalue weighted by Crippen LogP contribution is -2.24. The van der Waals surface area contributed by atoms with Gasteiger partial charge in [-0.1, -0.05) is 0 Å². The topological polar surface area (TPSA) is 113 Å². The molecule has 1 rings (SSSR count). The van der Waals surface area contributed by atoms with Crippen molar-refractivity contribution < 1.29 is 17.7 Å². The van der Waals surface area contributed by atoms with Gasteiger partial charge in [0.2, 0.25) is 10.0 Å². The first kappa shape index (κ1) is 13.9. The summed E-state index contributed by atoms with van der Waals surface area (Å²) in [6.45, 7) is 1.11. The molecule has 0 spiro atoms. The van der Waals surface area contributed by atoms with Crippen LogP contribution in [0.1, 0.15) is 6.92 Å². The van der Waals surface area contributed by atoms with Gasteiger partial charge in [0, 0.05) is 12.1 Å². The smallest absolute Gasteiger partial charge is 0.271 e. The Balaban J connectivity index is 3.16. The van der Waals surface area contributed by atoms with Crippen molar-refractivity contribution in [1.82, 2.24) is 0 Å². The lowest BCUT2D eigenvalue weighted by atomic mass is 10.3. The summed E-state index contributed by atoms with van der Waals surface area (Å²) < 4.78 is 38.1. The third-order valence-corrected chi connectivity index (χ3v) is 3.60. The van der Waals surface area contributed by atoms with Crippen molar-refractivity contribution in [2.45, 2.75) is 12.2 Å². The van der Waals surface area contributed by atoms with Crippen LogP contribution in [-0.4, -0.2) is 18.6 Å². The van der Waals surface area contributed by atoms with Crippen LogP contribution < -0.4 is 4.72 Å². The van der Waals surface area contributed by atoms with Crippen LogP contribution in [0.2, 0.25) is 0 Å². The molecule has 0 aliphatic carbocycles. The number of hydrogen-bond acceptors (Lipinski definition) is 5. The van der Waals surface area contributed by atoms with E-state index in [2.05, 4.69) is 0 Å². The number of anilines is 1. The highest BCUT2D eigenvalue weighted by Gasteiger charge is 2.22. The van der Waals surface area contributed by atoms with E-state index in [4.69, 9.17) is 5.26 Å². The second kappa shape index (κ2) is 4.97. The molecule has 0 heterocycles. The molecule has 0 bridgehead atoms. The third kappa shape index (κ3) is 2.92. The number of nitro groups is 1. The number of non-ortho nitro benzene ring substituents is 1. The first-order valence-corrected chi connectivity index (χ1v) is 6.17. The zero-order chi connectivity index (χ0) is 13.9. The van der Waals surface area contributed by atoms with Gasteiger partial charge in [0.25, 0.3) is 5.69 Å². The van der Waals surface area contributed by atoms with Gasteiger partial charge in [0.1, 0.15) is 5.82 Å². The second-order valence-electron chi connectivity index (χ2n) is 3.34. The average Bonchev–Trinajstić information content (AvgIpc) is 2.30. The summed E-state index contributed by atoms with van der Waals surface area (Å²) in [4.78, 5) is 9.69. The van der Waals surface area contributed by atoms with E-state index in [9.17, 15) is 22.9 Å². The maximum Gasteiger partial charge on any atom is 0.271 e. The van der Waals surface area contributed by atoms with Crippen molar-refractivity contribution in [2.75, 3.05) is 4.72 Å². The Morgan fingerprint density at radius 3 is 2.67 bits per heavy atom. The molecule has 9 heteroatoms. The molecule has 1 aromatic rings. The molecule has 1 unspecified atom stereocenters. The van der Waals surface area contributed by atoms with Crippen molar-refractivity contribution >= 4 is 21.4 Å². The molecule has 0 saturated carbocycles. The molecule has 0 amide bonds. The SMILES string of the molecule is CC(C#N)S(=O)(=O)Nc1cc([N+](=O)[O-])ccc1F. The van der Waals surface area contributed by atoms with E-state index in [1.165, 1.54) is 6.07 Å². The van der Waals surface area contributed by atoms with Crippen LogP contribution in [0.25, 0.3) is 0 Å². The summed E-state index contributed by atoms with van der Waals surface area (Å²) in [5.74, 6) is -0.964. The summed E-state index contributed by atoms with van der Waals surface area (Å²) in [6, 6.07) is 3.90. The Hall–Kier alpha value is -2.21. The normalized spacial score (nSPS) is 12.5. The average molecular weight is 273 g/mol. The Kier molecular flexibility index (Phi) is 3.82. The fourth-order valence-corrected chi connectivity index (χ4v) is 1.79. The number of rotatable bonds is 4. The molecule has 1 aromatic carbocycles. The van der Waals surface area contributed by atoms with Crippen LogP contribution in [-0.2, 0) is 10.0 Å². The van der Waals surface area contributed by atoms with Gasteiger partial charge in [-0.2, -0.15) is 5.26 Å². The lowest BCUT2D eigenvalue weighted by molar-refractivity contribution is -0.384. The Morgan fingerprint density at radius 2 is 2.17 bits per heavy atom. The van der Waals surface area contributed by atoms with Crippen LogP contribution in [0.3, 0.4) is 0 Å². The van der Waals surface area contributed by atoms with Gasteiger partial charge in [0.05, 0.1) is 16.7 Å². The van der Waals surface area contributed by atoms with Gasteiger partial charge >= 0.3 is 0 Å². The van der Waals surface area contributed by atoms with E-state index < -0.39 is 37.4 Å². The third-order valence-electron chi connectivity index (χ3n) is 2.06. The maximum atomic E-state index is 13.3. The number of benzene rings is 1. The molecule has 0 saturated heterocycles. The summed E-state index contributed by atoms with van der Waals surface area (Å²) in [5, 5.41) is 17.6. The van der Waals surface area contributed by atoms with Gasteiger partial charge in [-0.15, -0.1) is 0 Å². The molecular formula is C9H8FN3O4S. The van der Waals surface area contributed by atoms with Crippen molar-refractivity contribution in [2.24, 2.45) is 0 Å². The van der Waals surface area contributed by atoms with Gasteiger partial charge in [0.15, 0.2) is 5.25 Å². The van der Waals surface area contributed by atoms with Crippen molar-refractivity contribution in [3.8, 4) is 6.07 Å². The predicted octanol–water partition coefficient (Wildman–Crippen LogP) is 1.39. The van der Waals surface area contributed by atoms with Crippen LogP contribution in [0.15, 0.2) is 18.2 Å². The fraction of sp³-hybridized carbons (Fsp3) is 0.222. The zero-order valence-corrected chi connectivity index (χ0v) is 9.94. The van der Waals surface area contributed by atoms with Gasteiger partial charge in [-0.05, 0) is 13.0 Å². The van der Waals surface area contributed by atoms with E-state index in [-0.39, 0.29) is 0 Å². The molecule has 0 aliphatic heterocycles. The van der Waals surface area contributed by atoms with E-state index in [1.807, 2.05) is 0 Å². The number of nitrogens with one attached hydrogen (secondary N) is 1. The minimum absolute atomic E-state index is 0.460. The zero-order valence-electron chi connectivity index (χ0n) is 9.12.